The fraction of sp³-hybridized carbons (Fsp3) is 0.818. The third kappa shape index (κ3) is 2.46. The maximum Gasteiger partial charge on any atom is 0.233 e. The van der Waals surface area contributed by atoms with Crippen molar-refractivity contribution in [1.29, 1.82) is 0 Å². The Bertz CT molecular complexity index is 281. The highest BCUT2D eigenvalue weighted by atomic mass is 16.4. The quantitative estimate of drug-likeness (QED) is 0.321. The Morgan fingerprint density at radius 2 is 1.94 bits per heavy atom. The highest BCUT2D eigenvalue weighted by Crippen LogP contribution is 2.24. The second kappa shape index (κ2) is 5.18. The molecule has 0 aromatic rings. The number of amides is 1. The number of amidine groups is 1. The summed E-state index contributed by atoms with van der Waals surface area (Å²) in [4.78, 5) is 14.0. The summed E-state index contributed by atoms with van der Waals surface area (Å²) in [5.74, 6) is -0.613. The van der Waals surface area contributed by atoms with Crippen LogP contribution in [0.1, 0.15) is 40.0 Å². The molecule has 1 aliphatic heterocycles. The van der Waals surface area contributed by atoms with Crippen LogP contribution < -0.4 is 5.73 Å². The molecule has 1 amide bonds. The van der Waals surface area contributed by atoms with Crippen molar-refractivity contribution in [3.8, 4) is 0 Å². The molecule has 92 valence electrons. The number of carbonyl (C=O) groups excluding carboxylic acids is 1. The fourth-order valence-electron chi connectivity index (χ4n) is 2.29. The van der Waals surface area contributed by atoms with Gasteiger partial charge >= 0.3 is 0 Å². The molecule has 3 atom stereocenters. The monoisotopic (exact) mass is 227 g/mol. The van der Waals surface area contributed by atoms with Crippen LogP contribution >= 0.6 is 0 Å². The van der Waals surface area contributed by atoms with E-state index in [2.05, 4.69) is 5.16 Å². The summed E-state index contributed by atoms with van der Waals surface area (Å²) in [6, 6.07) is 0.482. The van der Waals surface area contributed by atoms with Gasteiger partial charge in [0.05, 0.1) is 5.92 Å². The van der Waals surface area contributed by atoms with Crippen molar-refractivity contribution in [2.24, 2.45) is 16.8 Å². The summed E-state index contributed by atoms with van der Waals surface area (Å²) in [6.07, 6.45) is 3.21. The predicted octanol–water partition coefficient (Wildman–Crippen LogP) is 1.16. The van der Waals surface area contributed by atoms with E-state index in [0.29, 0.717) is 0 Å². The van der Waals surface area contributed by atoms with E-state index in [4.69, 9.17) is 10.9 Å². The molecular formula is C11H21N3O2. The molecule has 0 aromatic heterocycles. The van der Waals surface area contributed by atoms with Gasteiger partial charge in [-0.3, -0.25) is 4.79 Å². The normalized spacial score (nSPS) is 28.9. The van der Waals surface area contributed by atoms with Crippen LogP contribution in [0.5, 0.6) is 0 Å². The first-order valence-corrected chi connectivity index (χ1v) is 5.78. The lowest BCUT2D eigenvalue weighted by molar-refractivity contribution is -0.139. The molecule has 1 heterocycles. The van der Waals surface area contributed by atoms with Gasteiger partial charge in [-0.1, -0.05) is 5.16 Å². The number of carbonyl (C=O) groups is 1. The lowest BCUT2D eigenvalue weighted by atomic mass is 9.95. The molecular weight excluding hydrogens is 206 g/mol. The van der Waals surface area contributed by atoms with Gasteiger partial charge in [0.2, 0.25) is 5.91 Å². The van der Waals surface area contributed by atoms with Crippen molar-refractivity contribution in [1.82, 2.24) is 4.90 Å². The first-order chi connectivity index (χ1) is 7.49. The summed E-state index contributed by atoms with van der Waals surface area (Å²) >= 11 is 0. The molecule has 0 aromatic carbocycles. The maximum atomic E-state index is 12.2. The Morgan fingerprint density at radius 3 is 2.38 bits per heavy atom. The van der Waals surface area contributed by atoms with Gasteiger partial charge in [0, 0.05) is 12.1 Å². The van der Waals surface area contributed by atoms with Gasteiger partial charge in [-0.2, -0.15) is 0 Å². The minimum absolute atomic E-state index is 0.0185. The van der Waals surface area contributed by atoms with Crippen LogP contribution in [-0.4, -0.2) is 33.9 Å². The molecule has 1 saturated heterocycles. The summed E-state index contributed by atoms with van der Waals surface area (Å²) in [5, 5.41) is 11.5. The lowest BCUT2D eigenvalue weighted by Gasteiger charge is -2.40. The number of likely N-dealkylation sites (tertiary alicyclic amines) is 1. The van der Waals surface area contributed by atoms with E-state index in [1.807, 2.05) is 18.7 Å². The van der Waals surface area contributed by atoms with Crippen molar-refractivity contribution < 1.29 is 10.0 Å². The minimum Gasteiger partial charge on any atom is -0.409 e. The second-order valence-electron chi connectivity index (χ2n) is 4.62. The van der Waals surface area contributed by atoms with Crippen molar-refractivity contribution in [3.05, 3.63) is 0 Å². The third-order valence-electron chi connectivity index (χ3n) is 3.38. The first-order valence-electron chi connectivity index (χ1n) is 5.78. The van der Waals surface area contributed by atoms with Crippen LogP contribution in [0.4, 0.5) is 0 Å². The number of rotatable bonds is 2. The molecule has 0 spiro atoms. The molecule has 0 radical (unpaired) electrons. The molecule has 1 unspecified atom stereocenters. The van der Waals surface area contributed by atoms with E-state index in [0.717, 1.165) is 19.3 Å². The summed E-state index contributed by atoms with van der Waals surface area (Å²) in [5.41, 5.74) is 5.47. The van der Waals surface area contributed by atoms with Gasteiger partial charge in [-0.15, -0.1) is 0 Å². The largest absolute Gasteiger partial charge is 0.409 e. The van der Waals surface area contributed by atoms with Gasteiger partial charge in [0.25, 0.3) is 0 Å². The van der Waals surface area contributed by atoms with Crippen LogP contribution in [0.3, 0.4) is 0 Å². The van der Waals surface area contributed by atoms with Crippen molar-refractivity contribution in [3.63, 3.8) is 0 Å². The summed E-state index contributed by atoms with van der Waals surface area (Å²) in [6.45, 7) is 5.77. The topological polar surface area (TPSA) is 78.9 Å². The molecule has 1 fully saturated rings. The molecule has 0 aliphatic carbocycles. The fourth-order valence-corrected chi connectivity index (χ4v) is 2.29. The van der Waals surface area contributed by atoms with Crippen LogP contribution in [0.15, 0.2) is 5.16 Å². The van der Waals surface area contributed by atoms with Crippen molar-refractivity contribution in [2.75, 3.05) is 0 Å². The van der Waals surface area contributed by atoms with E-state index in [-0.39, 0.29) is 23.8 Å². The molecule has 5 nitrogen and oxygen atoms in total. The van der Waals surface area contributed by atoms with Gasteiger partial charge < -0.3 is 15.8 Å². The molecule has 1 rings (SSSR count). The average molecular weight is 227 g/mol. The SMILES string of the molecule is CC(C(=O)N1[C@H](C)CCC[C@@H]1C)C(N)=NO. The molecule has 0 bridgehead atoms. The van der Waals surface area contributed by atoms with E-state index in [9.17, 15) is 4.79 Å². The van der Waals surface area contributed by atoms with E-state index >= 15 is 0 Å². The van der Waals surface area contributed by atoms with Crippen LogP contribution in [-0.2, 0) is 4.79 Å². The van der Waals surface area contributed by atoms with E-state index in [1.165, 1.54) is 0 Å². The van der Waals surface area contributed by atoms with Crippen LogP contribution in [0.25, 0.3) is 0 Å². The van der Waals surface area contributed by atoms with Gasteiger partial charge in [0.15, 0.2) is 5.84 Å². The zero-order chi connectivity index (χ0) is 12.3. The van der Waals surface area contributed by atoms with Crippen LogP contribution in [0.2, 0.25) is 0 Å². The number of hydrogen-bond acceptors (Lipinski definition) is 3. The summed E-state index contributed by atoms with van der Waals surface area (Å²) < 4.78 is 0. The Morgan fingerprint density at radius 1 is 1.44 bits per heavy atom. The first kappa shape index (κ1) is 12.8. The molecule has 1 aliphatic rings. The highest BCUT2D eigenvalue weighted by Gasteiger charge is 2.32. The van der Waals surface area contributed by atoms with Crippen LogP contribution in [0, 0.1) is 5.92 Å². The lowest BCUT2D eigenvalue weighted by Crippen LogP contribution is -2.51. The number of oxime groups is 1. The average Bonchev–Trinajstić information content (AvgIpc) is 2.26. The highest BCUT2D eigenvalue weighted by molar-refractivity contribution is 6.01. The van der Waals surface area contributed by atoms with Gasteiger partial charge in [-0.25, -0.2) is 0 Å². The molecule has 5 heteroatoms. The third-order valence-corrected chi connectivity index (χ3v) is 3.38. The Labute approximate surface area is 96.3 Å². The smallest absolute Gasteiger partial charge is 0.233 e. The van der Waals surface area contributed by atoms with E-state index in [1.54, 1.807) is 6.92 Å². The molecule has 0 saturated carbocycles. The standard InChI is InChI=1S/C11H21N3O2/c1-7-5-4-6-8(2)14(7)11(15)9(3)10(12)13-16/h7-9,16H,4-6H2,1-3H3,(H2,12,13)/t7-,8+,9?. The van der Waals surface area contributed by atoms with Gasteiger partial charge in [0.1, 0.15) is 0 Å². The van der Waals surface area contributed by atoms with E-state index < -0.39 is 5.92 Å². The number of nitrogens with two attached hydrogens (primary N) is 1. The number of hydrogen-bond donors (Lipinski definition) is 2. The van der Waals surface area contributed by atoms with Crippen molar-refractivity contribution in [2.45, 2.75) is 52.1 Å². The number of nitrogens with zero attached hydrogens (tertiary/aromatic N) is 2. The van der Waals surface area contributed by atoms with Gasteiger partial charge in [-0.05, 0) is 40.0 Å². The predicted molar refractivity (Wildman–Crippen MR) is 62.2 cm³/mol. The Balaban J connectivity index is 2.78. The van der Waals surface area contributed by atoms with Crippen molar-refractivity contribution >= 4 is 11.7 Å². The number of piperidine rings is 1. The second-order valence-corrected chi connectivity index (χ2v) is 4.62. The Hall–Kier alpha value is -1.26. The Kier molecular flexibility index (Phi) is 4.15. The zero-order valence-electron chi connectivity index (χ0n) is 10.2. The maximum absolute atomic E-state index is 12.2. The summed E-state index contributed by atoms with van der Waals surface area (Å²) in [7, 11) is 0. The minimum atomic E-state index is -0.548. The zero-order valence-corrected chi connectivity index (χ0v) is 10.2. The molecule has 3 N–H and O–H groups in total. The molecule has 16 heavy (non-hydrogen) atoms.